The summed E-state index contributed by atoms with van der Waals surface area (Å²) in [6.45, 7) is 8.84. The topological polar surface area (TPSA) is 59.1 Å². The van der Waals surface area contributed by atoms with Gasteiger partial charge in [0.05, 0.1) is 12.8 Å². The number of nitrogens with zero attached hydrogens (tertiary/aromatic N) is 2. The van der Waals surface area contributed by atoms with Crippen molar-refractivity contribution in [3.8, 4) is 0 Å². The molecule has 0 bridgehead atoms. The van der Waals surface area contributed by atoms with Gasteiger partial charge in [-0.1, -0.05) is 198 Å². The van der Waals surface area contributed by atoms with Gasteiger partial charge in [-0.25, -0.2) is 0 Å². The molecule has 0 aromatic heterocycles. The average molecular weight is 823 g/mol. The van der Waals surface area contributed by atoms with Crippen LogP contribution in [0.1, 0.15) is 187 Å². The summed E-state index contributed by atoms with van der Waals surface area (Å²) in [7, 11) is 11.6. The van der Waals surface area contributed by atoms with Crippen LogP contribution in [0.25, 0.3) is 0 Å². The molecule has 0 aliphatic heterocycles. The van der Waals surface area contributed by atoms with E-state index < -0.39 is 0 Å². The Bertz CT molecular complexity index is 708. The number of unbranched alkanes of at least 4 members (excludes halogenated alkanes) is 22. The van der Waals surface area contributed by atoms with E-state index in [1.54, 1.807) is 0 Å². The molecule has 6 nitrogen and oxygen atoms in total. The van der Waals surface area contributed by atoms with Gasteiger partial charge in [-0.3, -0.25) is 9.59 Å². The maximum absolute atomic E-state index is 12.2. The van der Waals surface area contributed by atoms with Gasteiger partial charge in [-0.2, -0.15) is 0 Å². The first kappa shape index (κ1) is 53.3. The molecule has 0 spiro atoms. The molecule has 0 aromatic carbocycles. The van der Waals surface area contributed by atoms with E-state index in [4.69, 9.17) is 9.47 Å². The minimum atomic E-state index is -0.101. The zero-order valence-electron chi connectivity index (χ0n) is 35.3. The van der Waals surface area contributed by atoms with Crippen molar-refractivity contribution in [2.45, 2.75) is 187 Å². The first-order valence-corrected chi connectivity index (χ1v) is 27.1. The number of ether oxygens (including phenoxy) is 2. The van der Waals surface area contributed by atoms with Crippen LogP contribution >= 0.6 is 43.2 Å². The molecule has 53 heavy (non-hydrogen) atoms. The highest BCUT2D eigenvalue weighted by Crippen LogP contribution is 2.24. The Morgan fingerprint density at radius 2 is 0.660 bits per heavy atom. The zero-order valence-corrected chi connectivity index (χ0v) is 38.6. The minimum Gasteiger partial charge on any atom is -0.465 e. The number of hydrogen-bond donors (Lipinski definition) is 0. The van der Waals surface area contributed by atoms with Crippen molar-refractivity contribution < 1.29 is 19.1 Å². The maximum Gasteiger partial charge on any atom is 0.307 e. The van der Waals surface area contributed by atoms with Crippen molar-refractivity contribution in [2.24, 2.45) is 0 Å². The van der Waals surface area contributed by atoms with Gasteiger partial charge in [0.1, 0.15) is 13.2 Å². The molecule has 0 aliphatic rings. The molecule has 0 saturated heterocycles. The molecule has 0 N–H and O–H groups in total. The highest BCUT2D eigenvalue weighted by molar-refractivity contribution is 8.77. The van der Waals surface area contributed by atoms with Crippen LogP contribution < -0.4 is 0 Å². The fraction of sp³-hybridized carbons (Fsp3) is 0.953. The van der Waals surface area contributed by atoms with E-state index in [2.05, 4.69) is 37.7 Å². The van der Waals surface area contributed by atoms with Crippen molar-refractivity contribution in [3.63, 3.8) is 0 Å². The van der Waals surface area contributed by atoms with Gasteiger partial charge in [0, 0.05) is 36.1 Å². The Hall–Kier alpha value is 0.260. The van der Waals surface area contributed by atoms with Crippen LogP contribution in [0.5, 0.6) is 0 Å². The zero-order chi connectivity index (χ0) is 38.7. The summed E-state index contributed by atoms with van der Waals surface area (Å²) in [5.74, 6) is 3.91. The second kappa shape index (κ2) is 45.0. The molecular formula is C43H86N2O4S4. The van der Waals surface area contributed by atoms with E-state index in [9.17, 15) is 9.59 Å². The second-order valence-electron chi connectivity index (χ2n) is 15.0. The number of hydrogen-bond acceptors (Lipinski definition) is 10. The van der Waals surface area contributed by atoms with Crippen molar-refractivity contribution in [3.05, 3.63) is 0 Å². The summed E-state index contributed by atoms with van der Waals surface area (Å²) in [5.41, 5.74) is 0. The van der Waals surface area contributed by atoms with E-state index in [0.717, 1.165) is 31.0 Å². The predicted octanol–water partition coefficient (Wildman–Crippen LogP) is 13.3. The van der Waals surface area contributed by atoms with Crippen molar-refractivity contribution in [1.29, 1.82) is 0 Å². The van der Waals surface area contributed by atoms with E-state index >= 15 is 0 Å². The van der Waals surface area contributed by atoms with Gasteiger partial charge in [-0.05, 0) is 46.4 Å². The monoisotopic (exact) mass is 823 g/mol. The largest absolute Gasteiger partial charge is 0.465 e. The molecule has 0 heterocycles. The highest BCUT2D eigenvalue weighted by atomic mass is 33.1. The molecular weight excluding hydrogens is 737 g/mol. The van der Waals surface area contributed by atoms with E-state index in [1.165, 1.54) is 166 Å². The molecule has 0 fully saturated rings. The van der Waals surface area contributed by atoms with Crippen LogP contribution in [0.15, 0.2) is 0 Å². The van der Waals surface area contributed by atoms with Crippen LogP contribution in [0.3, 0.4) is 0 Å². The van der Waals surface area contributed by atoms with Gasteiger partial charge in [0.2, 0.25) is 0 Å². The summed E-state index contributed by atoms with van der Waals surface area (Å²) in [6, 6.07) is 0. The Labute approximate surface area is 345 Å². The van der Waals surface area contributed by atoms with E-state index in [-0.39, 0.29) is 11.9 Å². The third-order valence-electron chi connectivity index (χ3n) is 9.66. The molecule has 0 radical (unpaired) electrons. The van der Waals surface area contributed by atoms with Gasteiger partial charge in [0.25, 0.3) is 0 Å². The van der Waals surface area contributed by atoms with Crippen LogP contribution in [0.2, 0.25) is 0 Å². The van der Waals surface area contributed by atoms with Crippen LogP contribution in [-0.4, -0.2) is 98.2 Å². The first-order valence-electron chi connectivity index (χ1n) is 22.2. The number of carbonyl (C=O) groups is 2. The molecule has 0 aromatic rings. The number of esters is 2. The van der Waals surface area contributed by atoms with Crippen LogP contribution in [0.4, 0.5) is 0 Å². The molecule has 0 unspecified atom stereocenters. The second-order valence-corrected chi connectivity index (χ2v) is 20.4. The summed E-state index contributed by atoms with van der Waals surface area (Å²) in [5, 5.41) is 0. The molecule has 0 amide bonds. The van der Waals surface area contributed by atoms with Crippen molar-refractivity contribution in [2.75, 3.05) is 76.5 Å². The predicted molar refractivity (Wildman–Crippen MR) is 243 cm³/mol. The number of carbonyl (C=O) groups excluding carboxylic acids is 2. The minimum absolute atomic E-state index is 0.101. The summed E-state index contributed by atoms with van der Waals surface area (Å²) >= 11 is 0. The Balaban J connectivity index is 3.43. The highest BCUT2D eigenvalue weighted by Gasteiger charge is 2.09. The van der Waals surface area contributed by atoms with Crippen molar-refractivity contribution >= 4 is 55.1 Å². The number of rotatable bonds is 44. The average Bonchev–Trinajstić information content (AvgIpc) is 3.15. The smallest absolute Gasteiger partial charge is 0.307 e. The third kappa shape index (κ3) is 44.8. The molecule has 316 valence electrons. The Morgan fingerprint density at radius 1 is 0.377 bits per heavy atom. The fourth-order valence-electron chi connectivity index (χ4n) is 6.16. The Morgan fingerprint density at radius 3 is 0.981 bits per heavy atom. The van der Waals surface area contributed by atoms with E-state index in [1.807, 2.05) is 43.2 Å². The van der Waals surface area contributed by atoms with Gasteiger partial charge >= 0.3 is 11.9 Å². The first-order chi connectivity index (χ1) is 26.0. The molecule has 10 heteroatoms. The van der Waals surface area contributed by atoms with Crippen molar-refractivity contribution in [1.82, 2.24) is 9.80 Å². The van der Waals surface area contributed by atoms with Gasteiger partial charge in [0.15, 0.2) is 0 Å². The quantitative estimate of drug-likeness (QED) is 0.0337. The molecule has 0 aliphatic carbocycles. The van der Waals surface area contributed by atoms with Gasteiger partial charge in [-0.15, -0.1) is 0 Å². The van der Waals surface area contributed by atoms with E-state index in [0.29, 0.717) is 39.1 Å². The van der Waals surface area contributed by atoms with Crippen LogP contribution in [-0.2, 0) is 19.1 Å². The van der Waals surface area contributed by atoms with Gasteiger partial charge < -0.3 is 19.3 Å². The lowest BCUT2D eigenvalue weighted by Crippen LogP contribution is -2.29. The molecule has 0 atom stereocenters. The summed E-state index contributed by atoms with van der Waals surface area (Å²) in [6.07, 6.45) is 35.2. The normalized spacial score (nSPS) is 11.6. The third-order valence-corrected chi connectivity index (χ3v) is 14.6. The Kier molecular flexibility index (Phi) is 45.2. The lowest BCUT2D eigenvalue weighted by atomic mass is 10.1. The van der Waals surface area contributed by atoms with Crippen LogP contribution in [0, 0.1) is 0 Å². The molecule has 0 rings (SSSR count). The summed E-state index contributed by atoms with van der Waals surface area (Å²) in [4.78, 5) is 28.7. The molecule has 0 saturated carbocycles. The lowest BCUT2D eigenvalue weighted by molar-refractivity contribution is -0.144. The SMILES string of the molecule is CCCCCCCCCCCCCCSSCCOC(=O)CCN(C)CCCN(C)CCC(=O)OCCSSCCCCCCCCCCCCCC. The lowest BCUT2D eigenvalue weighted by Gasteiger charge is -2.20. The maximum atomic E-state index is 12.2. The fourth-order valence-corrected chi connectivity index (χ4v) is 10.1. The summed E-state index contributed by atoms with van der Waals surface area (Å²) < 4.78 is 10.9. The standard InChI is InChI=1S/C43H86N2O4S4/c1-5-7-9-11-13-15-17-19-21-23-25-27-38-50-52-40-36-48-42(46)30-34-44(3)32-29-33-45(4)35-31-43(47)49-37-41-53-51-39-28-26-24-22-20-18-16-14-12-10-8-6-2/h5-41H2,1-4H3.